The normalized spacial score (nSPS) is 9.50. The van der Waals surface area contributed by atoms with E-state index in [0.717, 1.165) is 4.47 Å². The second-order valence-corrected chi connectivity index (χ2v) is 3.23. The van der Waals surface area contributed by atoms with Crippen LogP contribution in [0, 0.1) is 0 Å². The smallest absolute Gasteiger partial charge is 0.253 e. The summed E-state index contributed by atoms with van der Waals surface area (Å²) < 4.78 is 0.868. The molecule has 1 aromatic carbocycles. The molecule has 0 aliphatic rings. The zero-order chi connectivity index (χ0) is 9.14. The Morgan fingerprint density at radius 2 is 2.25 bits per heavy atom. The van der Waals surface area contributed by atoms with Gasteiger partial charge in [-0.05, 0) is 18.2 Å². The molecule has 0 radical (unpaired) electrons. The molecule has 0 bridgehead atoms. The van der Waals surface area contributed by atoms with Crippen LogP contribution in [-0.2, 0) is 0 Å². The summed E-state index contributed by atoms with van der Waals surface area (Å²) in [5, 5.41) is 2.51. The third kappa shape index (κ3) is 1.76. The highest BCUT2D eigenvalue weighted by molar-refractivity contribution is 9.10. The maximum absolute atomic E-state index is 11.1. The van der Waals surface area contributed by atoms with Crippen LogP contribution in [-0.4, -0.2) is 13.0 Å². The van der Waals surface area contributed by atoms with Crippen LogP contribution in [0.1, 0.15) is 10.4 Å². The molecule has 0 heterocycles. The number of amides is 1. The fourth-order valence-electron chi connectivity index (χ4n) is 0.875. The Balaban J connectivity index is 3.09. The first kappa shape index (κ1) is 9.06. The van der Waals surface area contributed by atoms with Gasteiger partial charge in [0.2, 0.25) is 0 Å². The Hall–Kier alpha value is -1.03. The Kier molecular flexibility index (Phi) is 2.70. The van der Waals surface area contributed by atoms with Gasteiger partial charge in [-0.15, -0.1) is 0 Å². The SMILES string of the molecule is CNC(=O)c1ccc(Br)cc1N. The highest BCUT2D eigenvalue weighted by Crippen LogP contribution is 2.17. The van der Waals surface area contributed by atoms with Gasteiger partial charge in [0, 0.05) is 17.2 Å². The summed E-state index contributed by atoms with van der Waals surface area (Å²) in [6.45, 7) is 0. The van der Waals surface area contributed by atoms with Crippen LogP contribution >= 0.6 is 15.9 Å². The lowest BCUT2D eigenvalue weighted by Crippen LogP contribution is -2.19. The molecule has 0 aromatic heterocycles. The Morgan fingerprint density at radius 1 is 1.58 bits per heavy atom. The topological polar surface area (TPSA) is 55.1 Å². The average Bonchev–Trinajstić information content (AvgIpc) is 2.03. The predicted molar refractivity (Wildman–Crippen MR) is 51.9 cm³/mol. The summed E-state index contributed by atoms with van der Waals surface area (Å²) in [7, 11) is 1.57. The number of nitrogens with two attached hydrogens (primary N) is 1. The number of anilines is 1. The van der Waals surface area contributed by atoms with E-state index in [2.05, 4.69) is 21.2 Å². The molecule has 0 aliphatic carbocycles. The molecule has 3 N–H and O–H groups in total. The molecule has 0 saturated carbocycles. The van der Waals surface area contributed by atoms with Gasteiger partial charge in [-0.2, -0.15) is 0 Å². The van der Waals surface area contributed by atoms with Crippen molar-refractivity contribution in [1.82, 2.24) is 5.32 Å². The number of hydrogen-bond acceptors (Lipinski definition) is 2. The van der Waals surface area contributed by atoms with Crippen molar-refractivity contribution in [2.45, 2.75) is 0 Å². The van der Waals surface area contributed by atoms with E-state index in [9.17, 15) is 4.79 Å². The molecule has 0 spiro atoms. The number of nitrogens with one attached hydrogen (secondary N) is 1. The fraction of sp³-hybridized carbons (Fsp3) is 0.125. The molecule has 3 nitrogen and oxygen atoms in total. The van der Waals surface area contributed by atoms with Crippen LogP contribution in [0.25, 0.3) is 0 Å². The molecule has 0 saturated heterocycles. The van der Waals surface area contributed by atoms with E-state index in [4.69, 9.17) is 5.73 Å². The predicted octanol–water partition coefficient (Wildman–Crippen LogP) is 1.39. The molecule has 1 amide bonds. The molecular formula is C8H9BrN2O. The van der Waals surface area contributed by atoms with Gasteiger partial charge in [0.15, 0.2) is 0 Å². The van der Waals surface area contributed by atoms with Gasteiger partial charge in [-0.3, -0.25) is 4.79 Å². The molecule has 0 unspecified atom stereocenters. The van der Waals surface area contributed by atoms with Gasteiger partial charge >= 0.3 is 0 Å². The summed E-state index contributed by atoms with van der Waals surface area (Å²) in [5.74, 6) is -0.167. The Labute approximate surface area is 79.1 Å². The lowest BCUT2D eigenvalue weighted by molar-refractivity contribution is 0.0964. The van der Waals surface area contributed by atoms with Crippen LogP contribution in [0.4, 0.5) is 5.69 Å². The molecule has 0 fully saturated rings. The van der Waals surface area contributed by atoms with Crippen LogP contribution in [0.15, 0.2) is 22.7 Å². The molecular weight excluding hydrogens is 220 g/mol. The van der Waals surface area contributed by atoms with Gasteiger partial charge in [-0.1, -0.05) is 15.9 Å². The second-order valence-electron chi connectivity index (χ2n) is 2.31. The minimum absolute atomic E-state index is 0.167. The van der Waals surface area contributed by atoms with Crippen molar-refractivity contribution in [3.8, 4) is 0 Å². The highest BCUT2D eigenvalue weighted by atomic mass is 79.9. The van der Waals surface area contributed by atoms with E-state index >= 15 is 0 Å². The Morgan fingerprint density at radius 3 is 2.75 bits per heavy atom. The monoisotopic (exact) mass is 228 g/mol. The average molecular weight is 229 g/mol. The second kappa shape index (κ2) is 3.58. The summed E-state index contributed by atoms with van der Waals surface area (Å²) in [6.07, 6.45) is 0. The first-order chi connectivity index (χ1) is 5.65. The lowest BCUT2D eigenvalue weighted by Gasteiger charge is -2.03. The number of hydrogen-bond donors (Lipinski definition) is 2. The van der Waals surface area contributed by atoms with Crippen LogP contribution in [0.5, 0.6) is 0 Å². The Bertz CT molecular complexity index is 312. The highest BCUT2D eigenvalue weighted by Gasteiger charge is 2.06. The van der Waals surface area contributed by atoms with E-state index in [1.54, 1.807) is 25.2 Å². The van der Waals surface area contributed by atoms with Gasteiger partial charge in [0.05, 0.1) is 5.56 Å². The molecule has 4 heteroatoms. The van der Waals surface area contributed by atoms with Crippen molar-refractivity contribution in [3.63, 3.8) is 0 Å². The van der Waals surface area contributed by atoms with Crippen molar-refractivity contribution in [2.75, 3.05) is 12.8 Å². The lowest BCUT2D eigenvalue weighted by atomic mass is 10.2. The number of carbonyl (C=O) groups is 1. The number of benzene rings is 1. The quantitative estimate of drug-likeness (QED) is 0.715. The summed E-state index contributed by atoms with van der Waals surface area (Å²) in [6, 6.07) is 5.16. The summed E-state index contributed by atoms with van der Waals surface area (Å²) in [4.78, 5) is 11.1. The maximum atomic E-state index is 11.1. The zero-order valence-electron chi connectivity index (χ0n) is 6.60. The van der Waals surface area contributed by atoms with Gasteiger partial charge in [0.1, 0.15) is 0 Å². The largest absolute Gasteiger partial charge is 0.398 e. The fourth-order valence-corrected chi connectivity index (χ4v) is 1.25. The van der Waals surface area contributed by atoms with E-state index in [1.807, 2.05) is 0 Å². The van der Waals surface area contributed by atoms with E-state index in [1.165, 1.54) is 0 Å². The van der Waals surface area contributed by atoms with E-state index in [-0.39, 0.29) is 5.91 Å². The van der Waals surface area contributed by atoms with Gasteiger partial charge < -0.3 is 11.1 Å². The first-order valence-electron chi connectivity index (χ1n) is 3.42. The van der Waals surface area contributed by atoms with Crippen molar-refractivity contribution >= 4 is 27.5 Å². The van der Waals surface area contributed by atoms with Crippen molar-refractivity contribution < 1.29 is 4.79 Å². The third-order valence-corrected chi connectivity index (χ3v) is 1.98. The molecule has 1 rings (SSSR count). The molecule has 0 aliphatic heterocycles. The van der Waals surface area contributed by atoms with Crippen LogP contribution in [0.2, 0.25) is 0 Å². The molecule has 1 aromatic rings. The number of nitrogen functional groups attached to an aromatic ring is 1. The van der Waals surface area contributed by atoms with Crippen molar-refractivity contribution in [1.29, 1.82) is 0 Å². The van der Waals surface area contributed by atoms with Crippen LogP contribution < -0.4 is 11.1 Å². The standard InChI is InChI=1S/C8H9BrN2O/c1-11-8(12)6-3-2-5(9)4-7(6)10/h2-4H,10H2,1H3,(H,11,12). The zero-order valence-corrected chi connectivity index (χ0v) is 8.18. The van der Waals surface area contributed by atoms with Gasteiger partial charge in [-0.25, -0.2) is 0 Å². The number of rotatable bonds is 1. The molecule has 12 heavy (non-hydrogen) atoms. The minimum Gasteiger partial charge on any atom is -0.398 e. The number of halogens is 1. The molecule has 64 valence electrons. The first-order valence-corrected chi connectivity index (χ1v) is 4.21. The van der Waals surface area contributed by atoms with Crippen molar-refractivity contribution in [3.05, 3.63) is 28.2 Å². The van der Waals surface area contributed by atoms with Crippen molar-refractivity contribution in [2.24, 2.45) is 0 Å². The maximum Gasteiger partial charge on any atom is 0.253 e. The molecule has 0 atom stereocenters. The van der Waals surface area contributed by atoms with Crippen LogP contribution in [0.3, 0.4) is 0 Å². The van der Waals surface area contributed by atoms with Gasteiger partial charge in [0.25, 0.3) is 5.91 Å². The van der Waals surface area contributed by atoms with E-state index < -0.39 is 0 Å². The van der Waals surface area contributed by atoms with E-state index in [0.29, 0.717) is 11.3 Å². The summed E-state index contributed by atoms with van der Waals surface area (Å²) >= 11 is 3.26. The third-order valence-electron chi connectivity index (χ3n) is 1.49. The number of carbonyl (C=O) groups excluding carboxylic acids is 1. The minimum atomic E-state index is -0.167. The summed E-state index contributed by atoms with van der Waals surface area (Å²) in [5.41, 5.74) is 6.58.